The van der Waals surface area contributed by atoms with Gasteiger partial charge in [-0.25, -0.2) is 18.6 Å². The molecule has 34 heavy (non-hydrogen) atoms. The number of aromatic nitrogens is 2. The average Bonchev–Trinajstić information content (AvgIpc) is 2.98. The molecule has 1 unspecified atom stereocenters. The summed E-state index contributed by atoms with van der Waals surface area (Å²) in [7, 11) is 2.71. The number of methoxy groups -OCH3 is 1. The quantitative estimate of drug-likeness (QED) is 0.631. The van der Waals surface area contributed by atoms with Crippen molar-refractivity contribution in [2.45, 2.75) is 13.3 Å². The summed E-state index contributed by atoms with van der Waals surface area (Å²) in [5.74, 6) is -2.51. The van der Waals surface area contributed by atoms with Crippen molar-refractivity contribution >= 4 is 17.6 Å². The number of rotatable bonds is 4. The minimum Gasteiger partial charge on any atom is -0.453 e. The lowest BCUT2D eigenvalue weighted by Gasteiger charge is -2.22. The minimum absolute atomic E-state index is 0.117. The van der Waals surface area contributed by atoms with Crippen LogP contribution in [0, 0.1) is 24.5 Å². The van der Waals surface area contributed by atoms with E-state index in [9.17, 15) is 9.59 Å². The van der Waals surface area contributed by atoms with E-state index in [0.29, 0.717) is 44.1 Å². The first kappa shape index (κ1) is 23.6. The summed E-state index contributed by atoms with van der Waals surface area (Å²) < 4.78 is 42.7. The average molecular weight is 472 g/mol. The van der Waals surface area contributed by atoms with Crippen molar-refractivity contribution in [3.8, 4) is 11.3 Å². The van der Waals surface area contributed by atoms with Crippen LogP contribution in [0.5, 0.6) is 0 Å². The lowest BCUT2D eigenvalue weighted by atomic mass is 9.98. The van der Waals surface area contributed by atoms with Gasteiger partial charge in [0.2, 0.25) is 0 Å². The van der Waals surface area contributed by atoms with Crippen molar-refractivity contribution in [1.29, 1.82) is 0 Å². The topological polar surface area (TPSA) is 85.2 Å². The Morgan fingerprint density at radius 2 is 2.00 bits per heavy atom. The predicted molar refractivity (Wildman–Crippen MR) is 121 cm³/mol. The molecule has 10 heteroatoms. The molecule has 1 aliphatic heterocycles. The van der Waals surface area contributed by atoms with Gasteiger partial charge in [0.15, 0.2) is 0 Å². The summed E-state index contributed by atoms with van der Waals surface area (Å²) >= 11 is 0. The molecule has 180 valence electrons. The normalized spacial score (nSPS) is 16.4. The zero-order valence-electron chi connectivity index (χ0n) is 19.2. The maximum atomic E-state index is 15.2. The summed E-state index contributed by atoms with van der Waals surface area (Å²) in [5, 5.41) is 2.36. The molecule has 3 heterocycles. The standard InChI is InChI=1S/C24H26F2N4O4/c1-14-4-5-30-19(9-15-12-29(24(32)33-3)6-7-34-13-15)22(28-20(30)8-14)21-17(25)10-16(11-18(21)26)23(31)27-2/h4-5,8,10-11,15H,6-7,9,12-13H2,1-3H3,(H,27,31). The Morgan fingerprint density at radius 1 is 1.26 bits per heavy atom. The molecule has 1 N–H and O–H groups in total. The van der Waals surface area contributed by atoms with E-state index in [0.717, 1.165) is 17.7 Å². The molecule has 1 fully saturated rings. The Labute approximate surface area is 195 Å². The number of carbonyl (C=O) groups excluding carboxylic acids is 2. The largest absolute Gasteiger partial charge is 0.453 e. The smallest absolute Gasteiger partial charge is 0.409 e. The number of fused-ring (bicyclic) bond motifs is 1. The van der Waals surface area contributed by atoms with Crippen molar-refractivity contribution in [3.63, 3.8) is 0 Å². The van der Waals surface area contributed by atoms with Gasteiger partial charge in [-0.3, -0.25) is 4.79 Å². The molecular formula is C24H26F2N4O4. The van der Waals surface area contributed by atoms with E-state index < -0.39 is 23.6 Å². The van der Waals surface area contributed by atoms with Gasteiger partial charge in [-0.2, -0.15) is 0 Å². The molecule has 0 aliphatic carbocycles. The maximum Gasteiger partial charge on any atom is 0.409 e. The Morgan fingerprint density at radius 3 is 2.68 bits per heavy atom. The number of halogens is 2. The van der Waals surface area contributed by atoms with Crippen molar-refractivity contribution in [3.05, 3.63) is 58.9 Å². The van der Waals surface area contributed by atoms with E-state index in [1.165, 1.54) is 14.2 Å². The van der Waals surface area contributed by atoms with Crippen LogP contribution in [-0.4, -0.2) is 66.7 Å². The summed E-state index contributed by atoms with van der Waals surface area (Å²) in [5.41, 5.74) is 1.80. The van der Waals surface area contributed by atoms with Crippen LogP contribution in [0.4, 0.5) is 13.6 Å². The van der Waals surface area contributed by atoms with Crippen molar-refractivity contribution in [2.24, 2.45) is 5.92 Å². The third kappa shape index (κ3) is 4.58. The predicted octanol–water partition coefficient (Wildman–Crippen LogP) is 3.20. The molecule has 2 amide bonds. The van der Waals surface area contributed by atoms with E-state index in [1.54, 1.807) is 15.5 Å². The van der Waals surface area contributed by atoms with Crippen molar-refractivity contribution < 1.29 is 27.8 Å². The number of ether oxygens (including phenoxy) is 2. The second kappa shape index (κ2) is 9.76. The Balaban J connectivity index is 1.80. The van der Waals surface area contributed by atoms with Crippen LogP contribution in [-0.2, 0) is 15.9 Å². The highest BCUT2D eigenvalue weighted by atomic mass is 19.1. The third-order valence-electron chi connectivity index (χ3n) is 5.90. The number of imidazole rings is 1. The van der Waals surface area contributed by atoms with Crippen LogP contribution in [0.25, 0.3) is 16.9 Å². The molecule has 1 aliphatic rings. The van der Waals surface area contributed by atoms with E-state index in [-0.39, 0.29) is 22.7 Å². The first-order valence-electron chi connectivity index (χ1n) is 10.9. The Hall–Kier alpha value is -3.53. The molecule has 0 spiro atoms. The summed E-state index contributed by atoms with van der Waals surface area (Å²) in [6.07, 6.45) is 1.70. The molecule has 0 saturated carbocycles. The highest BCUT2D eigenvalue weighted by Gasteiger charge is 2.28. The second-order valence-electron chi connectivity index (χ2n) is 8.29. The maximum absolute atomic E-state index is 15.2. The molecule has 4 rings (SSSR count). The van der Waals surface area contributed by atoms with E-state index >= 15 is 8.78 Å². The van der Waals surface area contributed by atoms with Gasteiger partial charge < -0.3 is 24.1 Å². The summed E-state index contributed by atoms with van der Waals surface area (Å²) in [6, 6.07) is 5.72. The molecule has 3 aromatic rings. The van der Waals surface area contributed by atoms with E-state index in [4.69, 9.17) is 9.47 Å². The first-order chi connectivity index (χ1) is 16.3. The fraction of sp³-hybridized carbons (Fsp3) is 0.375. The monoisotopic (exact) mass is 472 g/mol. The third-order valence-corrected chi connectivity index (χ3v) is 5.90. The lowest BCUT2D eigenvalue weighted by molar-refractivity contribution is 0.0962. The van der Waals surface area contributed by atoms with E-state index in [1.807, 2.05) is 19.1 Å². The van der Waals surface area contributed by atoms with Crippen molar-refractivity contribution in [1.82, 2.24) is 19.6 Å². The molecule has 0 bridgehead atoms. The van der Waals surface area contributed by atoms with Crippen LogP contribution in [0.3, 0.4) is 0 Å². The number of nitrogens with zero attached hydrogens (tertiary/aromatic N) is 3. The van der Waals surface area contributed by atoms with Crippen LogP contribution >= 0.6 is 0 Å². The SMILES string of the molecule is CNC(=O)c1cc(F)c(-c2nc3cc(C)ccn3c2CC2COCCN(C(=O)OC)C2)c(F)c1. The first-order valence-corrected chi connectivity index (χ1v) is 10.9. The van der Waals surface area contributed by atoms with Gasteiger partial charge in [-0.1, -0.05) is 0 Å². The molecule has 1 aromatic carbocycles. The number of amides is 2. The number of hydrogen-bond donors (Lipinski definition) is 1. The number of aryl methyl sites for hydroxylation is 1. The number of benzene rings is 1. The molecule has 0 radical (unpaired) electrons. The van der Waals surface area contributed by atoms with Gasteiger partial charge in [-0.05, 0) is 43.2 Å². The number of nitrogens with one attached hydrogen (secondary N) is 1. The van der Waals surface area contributed by atoms with Crippen LogP contribution in [0.15, 0.2) is 30.5 Å². The van der Waals surface area contributed by atoms with Gasteiger partial charge in [-0.15, -0.1) is 0 Å². The fourth-order valence-electron chi connectivity index (χ4n) is 4.24. The molecule has 2 aromatic heterocycles. The number of carbonyl (C=O) groups is 2. The van der Waals surface area contributed by atoms with E-state index in [2.05, 4.69) is 10.3 Å². The minimum atomic E-state index is -0.881. The molecular weight excluding hydrogens is 446 g/mol. The number of hydrogen-bond acceptors (Lipinski definition) is 5. The van der Waals surface area contributed by atoms with Crippen LogP contribution in [0.1, 0.15) is 21.6 Å². The van der Waals surface area contributed by atoms with Gasteiger partial charge >= 0.3 is 6.09 Å². The lowest BCUT2D eigenvalue weighted by Crippen LogP contribution is -2.36. The van der Waals surface area contributed by atoms with Gasteiger partial charge in [0.1, 0.15) is 17.3 Å². The molecule has 1 atom stereocenters. The van der Waals surface area contributed by atoms with Crippen LogP contribution < -0.4 is 5.32 Å². The summed E-state index contributed by atoms with van der Waals surface area (Å²) in [6.45, 7) is 3.40. The van der Waals surface area contributed by atoms with Crippen LogP contribution in [0.2, 0.25) is 0 Å². The highest BCUT2D eigenvalue weighted by molar-refractivity contribution is 5.94. The molecule has 1 saturated heterocycles. The zero-order chi connectivity index (χ0) is 24.4. The number of pyridine rings is 1. The Bertz CT molecular complexity index is 1220. The van der Waals surface area contributed by atoms with Crippen molar-refractivity contribution in [2.75, 3.05) is 40.5 Å². The molecule has 8 nitrogen and oxygen atoms in total. The Kier molecular flexibility index (Phi) is 6.78. The zero-order valence-corrected chi connectivity index (χ0v) is 19.2. The van der Waals surface area contributed by atoms with Gasteiger partial charge in [0.25, 0.3) is 5.91 Å². The second-order valence-corrected chi connectivity index (χ2v) is 8.29. The fourth-order valence-corrected chi connectivity index (χ4v) is 4.24. The van der Waals surface area contributed by atoms with Gasteiger partial charge in [0.05, 0.1) is 37.3 Å². The van der Waals surface area contributed by atoms with Gasteiger partial charge in [0, 0.05) is 37.8 Å². The summed E-state index contributed by atoms with van der Waals surface area (Å²) in [4.78, 5) is 30.1. The highest BCUT2D eigenvalue weighted by Crippen LogP contribution is 2.32.